The van der Waals surface area contributed by atoms with Crippen molar-refractivity contribution in [1.82, 2.24) is 0 Å². The minimum Gasteiger partial charge on any atom is -0.307 e. The molecule has 0 saturated heterocycles. The zero-order chi connectivity index (χ0) is 19.5. The fraction of sp³-hybridized carbons (Fsp3) is 0.409. The highest BCUT2D eigenvalue weighted by Crippen LogP contribution is 2.55. The molecule has 0 amide bonds. The van der Waals surface area contributed by atoms with Crippen molar-refractivity contribution >= 4 is 13.3 Å². The summed E-state index contributed by atoms with van der Waals surface area (Å²) in [4.78, 5) is 4.97. The van der Waals surface area contributed by atoms with Gasteiger partial charge in [-0.15, -0.1) is 0 Å². The Labute approximate surface area is 163 Å². The lowest BCUT2D eigenvalue weighted by atomic mass is 10.0. The Kier molecular flexibility index (Phi) is 8.93. The molecular weight excluding hydrogens is 357 g/mol. The van der Waals surface area contributed by atoms with Gasteiger partial charge in [0.25, 0.3) is 0 Å². The van der Waals surface area contributed by atoms with Gasteiger partial charge in [0.2, 0.25) is 0 Å². The van der Waals surface area contributed by atoms with E-state index in [4.69, 9.17) is 14.0 Å². The Balaban J connectivity index is 2.55. The smallest absolute Gasteiger partial charge is 0.307 e. The van der Waals surface area contributed by atoms with Crippen molar-refractivity contribution in [2.45, 2.75) is 45.8 Å². The summed E-state index contributed by atoms with van der Waals surface area (Å²) in [5.74, 6) is -0.521. The van der Waals surface area contributed by atoms with E-state index in [0.29, 0.717) is 19.6 Å². The third-order valence-corrected chi connectivity index (χ3v) is 6.51. The standard InChI is InChI=1S/C22H30NO3P/c1-4-7-18-21(27(24,25-5-2)26-6-3)23-22(19-14-10-8-11-15-19)20-16-12-9-13-17-20/h8-17,21H,4-7,18H2,1-3H3. The second kappa shape index (κ2) is 11.2. The molecule has 0 aliphatic carbocycles. The molecule has 0 heterocycles. The molecule has 0 spiro atoms. The lowest BCUT2D eigenvalue weighted by Gasteiger charge is -2.24. The largest absolute Gasteiger partial charge is 0.354 e. The Morgan fingerprint density at radius 3 is 1.78 bits per heavy atom. The molecule has 146 valence electrons. The Morgan fingerprint density at radius 1 is 0.889 bits per heavy atom. The fourth-order valence-corrected chi connectivity index (χ4v) is 4.80. The van der Waals surface area contributed by atoms with Crippen LogP contribution in [0, 0.1) is 0 Å². The molecule has 0 saturated carbocycles. The first-order valence-electron chi connectivity index (χ1n) is 9.72. The molecule has 0 bridgehead atoms. The van der Waals surface area contributed by atoms with Gasteiger partial charge < -0.3 is 9.05 Å². The molecular formula is C22H30NO3P. The van der Waals surface area contributed by atoms with Gasteiger partial charge >= 0.3 is 7.60 Å². The number of rotatable bonds is 11. The predicted molar refractivity (Wildman–Crippen MR) is 113 cm³/mol. The number of nitrogens with zero attached hydrogens (tertiary/aromatic N) is 1. The summed E-state index contributed by atoms with van der Waals surface area (Å²) in [6.45, 7) is 6.45. The lowest BCUT2D eigenvalue weighted by molar-refractivity contribution is 0.211. The number of hydrogen-bond donors (Lipinski definition) is 0. The van der Waals surface area contributed by atoms with Gasteiger partial charge in [-0.25, -0.2) is 0 Å². The molecule has 2 aromatic carbocycles. The van der Waals surface area contributed by atoms with Crippen molar-refractivity contribution < 1.29 is 13.6 Å². The third kappa shape index (κ3) is 6.14. The number of hydrogen-bond acceptors (Lipinski definition) is 4. The van der Waals surface area contributed by atoms with Gasteiger partial charge in [-0.05, 0) is 20.3 Å². The van der Waals surface area contributed by atoms with E-state index in [1.54, 1.807) is 0 Å². The molecule has 27 heavy (non-hydrogen) atoms. The minimum absolute atomic E-state index is 0.335. The second-order valence-electron chi connectivity index (χ2n) is 6.21. The lowest BCUT2D eigenvalue weighted by Crippen LogP contribution is -2.16. The summed E-state index contributed by atoms with van der Waals surface area (Å²) in [5, 5.41) is 0. The van der Waals surface area contributed by atoms with E-state index in [-0.39, 0.29) is 0 Å². The molecule has 2 rings (SSSR count). The van der Waals surface area contributed by atoms with Crippen LogP contribution in [0.5, 0.6) is 0 Å². The van der Waals surface area contributed by atoms with Crippen molar-refractivity contribution in [2.24, 2.45) is 4.99 Å². The van der Waals surface area contributed by atoms with Crippen LogP contribution in [-0.2, 0) is 13.6 Å². The average molecular weight is 387 g/mol. The van der Waals surface area contributed by atoms with Gasteiger partial charge in [-0.1, -0.05) is 80.4 Å². The van der Waals surface area contributed by atoms with Gasteiger partial charge in [0, 0.05) is 11.1 Å². The maximum Gasteiger partial charge on any atom is 0.354 e. The van der Waals surface area contributed by atoms with E-state index >= 15 is 0 Å². The van der Waals surface area contributed by atoms with Crippen LogP contribution in [0.25, 0.3) is 0 Å². The maximum absolute atomic E-state index is 13.5. The Bertz CT molecular complexity index is 695. The first kappa shape index (κ1) is 21.6. The molecule has 0 fully saturated rings. The maximum atomic E-state index is 13.5. The summed E-state index contributed by atoms with van der Waals surface area (Å²) in [6, 6.07) is 20.0. The molecule has 0 radical (unpaired) electrons. The van der Waals surface area contributed by atoms with Gasteiger partial charge in [0.05, 0.1) is 18.9 Å². The first-order chi connectivity index (χ1) is 13.1. The summed E-state index contributed by atoms with van der Waals surface area (Å²) in [7, 11) is -3.34. The monoisotopic (exact) mass is 387 g/mol. The van der Waals surface area contributed by atoms with E-state index in [1.807, 2.05) is 74.5 Å². The van der Waals surface area contributed by atoms with E-state index in [2.05, 4.69) is 6.92 Å². The summed E-state index contributed by atoms with van der Waals surface area (Å²) >= 11 is 0. The molecule has 0 aliphatic heterocycles. The van der Waals surface area contributed by atoms with Crippen LogP contribution < -0.4 is 0 Å². The molecule has 0 N–H and O–H groups in total. The molecule has 2 aromatic rings. The molecule has 0 aliphatic rings. The highest BCUT2D eigenvalue weighted by molar-refractivity contribution is 7.54. The fourth-order valence-electron chi connectivity index (χ4n) is 2.91. The summed E-state index contributed by atoms with van der Waals surface area (Å²) in [6.07, 6.45) is 2.57. The van der Waals surface area contributed by atoms with Crippen molar-refractivity contribution in [2.75, 3.05) is 13.2 Å². The van der Waals surface area contributed by atoms with E-state index in [0.717, 1.165) is 29.7 Å². The second-order valence-corrected chi connectivity index (χ2v) is 8.40. The topological polar surface area (TPSA) is 47.9 Å². The van der Waals surface area contributed by atoms with Crippen LogP contribution in [-0.4, -0.2) is 24.7 Å². The van der Waals surface area contributed by atoms with Crippen LogP contribution >= 0.6 is 7.60 Å². The van der Waals surface area contributed by atoms with E-state index < -0.39 is 13.4 Å². The van der Waals surface area contributed by atoms with Crippen molar-refractivity contribution in [3.8, 4) is 0 Å². The van der Waals surface area contributed by atoms with Crippen LogP contribution in [0.3, 0.4) is 0 Å². The zero-order valence-corrected chi connectivity index (χ0v) is 17.4. The molecule has 1 atom stereocenters. The number of unbranched alkanes of at least 4 members (excludes halogenated alkanes) is 1. The first-order valence-corrected chi connectivity index (χ1v) is 11.3. The third-order valence-electron chi connectivity index (χ3n) is 4.17. The molecule has 4 nitrogen and oxygen atoms in total. The van der Waals surface area contributed by atoms with Gasteiger partial charge in [0.1, 0.15) is 0 Å². The van der Waals surface area contributed by atoms with E-state index in [9.17, 15) is 4.57 Å². The summed E-state index contributed by atoms with van der Waals surface area (Å²) < 4.78 is 24.7. The van der Waals surface area contributed by atoms with Crippen LogP contribution in [0.15, 0.2) is 65.7 Å². The zero-order valence-electron chi connectivity index (χ0n) is 16.5. The minimum atomic E-state index is -3.34. The van der Waals surface area contributed by atoms with Gasteiger partial charge in [-0.3, -0.25) is 9.56 Å². The molecule has 5 heteroatoms. The van der Waals surface area contributed by atoms with Gasteiger partial charge in [-0.2, -0.15) is 0 Å². The van der Waals surface area contributed by atoms with Crippen LogP contribution in [0.1, 0.15) is 51.2 Å². The highest BCUT2D eigenvalue weighted by atomic mass is 31.2. The van der Waals surface area contributed by atoms with Crippen molar-refractivity contribution in [3.63, 3.8) is 0 Å². The summed E-state index contributed by atoms with van der Waals surface area (Å²) in [5.41, 5.74) is 2.80. The SMILES string of the molecule is CCCCC(N=C(c1ccccc1)c1ccccc1)P(=O)(OCC)OCC. The van der Waals surface area contributed by atoms with Crippen LogP contribution in [0.4, 0.5) is 0 Å². The average Bonchev–Trinajstić information content (AvgIpc) is 2.70. The quantitative estimate of drug-likeness (QED) is 0.335. The molecule has 0 aromatic heterocycles. The number of benzene rings is 2. The van der Waals surface area contributed by atoms with Crippen molar-refractivity contribution in [3.05, 3.63) is 71.8 Å². The highest BCUT2D eigenvalue weighted by Gasteiger charge is 2.35. The predicted octanol–water partition coefficient (Wildman–Crippen LogP) is 6.31. The molecule has 1 unspecified atom stereocenters. The van der Waals surface area contributed by atoms with Crippen LogP contribution in [0.2, 0.25) is 0 Å². The Hall–Kier alpha value is -1.74. The van der Waals surface area contributed by atoms with Gasteiger partial charge in [0.15, 0.2) is 5.78 Å². The van der Waals surface area contributed by atoms with E-state index in [1.165, 1.54) is 0 Å². The Morgan fingerprint density at radius 2 is 1.37 bits per heavy atom. The normalized spacial score (nSPS) is 12.6. The number of aliphatic imine (C=N–C) groups is 1. The van der Waals surface area contributed by atoms with Crippen molar-refractivity contribution in [1.29, 1.82) is 0 Å².